The summed E-state index contributed by atoms with van der Waals surface area (Å²) in [6.07, 6.45) is 0.928. The van der Waals surface area contributed by atoms with Crippen molar-refractivity contribution in [1.82, 2.24) is 10.2 Å². The Labute approximate surface area is 188 Å². The van der Waals surface area contributed by atoms with Gasteiger partial charge in [0.2, 0.25) is 11.8 Å². The fraction of sp³-hybridized carbons (Fsp3) is 0.385. The Morgan fingerprint density at radius 1 is 1.12 bits per heavy atom. The molecule has 6 heteroatoms. The largest absolute Gasteiger partial charge is 0.493 e. The summed E-state index contributed by atoms with van der Waals surface area (Å²) in [5.74, 6) is 1.37. The summed E-state index contributed by atoms with van der Waals surface area (Å²) in [4.78, 5) is 28.1. The van der Waals surface area contributed by atoms with E-state index >= 15 is 0 Å². The Morgan fingerprint density at radius 3 is 2.59 bits per heavy atom. The molecule has 2 amide bonds. The van der Waals surface area contributed by atoms with Crippen LogP contribution in [0.1, 0.15) is 50.1 Å². The molecule has 2 unspecified atom stereocenters. The predicted molar refractivity (Wildman–Crippen MR) is 123 cm³/mol. The molecule has 0 radical (unpaired) electrons. The Kier molecular flexibility index (Phi) is 6.21. The number of nitrogens with zero attached hydrogens (tertiary/aromatic N) is 1. The number of para-hydroxylation sites is 1. The van der Waals surface area contributed by atoms with Crippen LogP contribution in [0.2, 0.25) is 0 Å². The van der Waals surface area contributed by atoms with Gasteiger partial charge in [-0.3, -0.25) is 9.59 Å². The third-order valence-electron chi connectivity index (χ3n) is 5.99. The van der Waals surface area contributed by atoms with Crippen molar-refractivity contribution in [2.24, 2.45) is 5.92 Å². The van der Waals surface area contributed by atoms with Gasteiger partial charge >= 0.3 is 0 Å². The van der Waals surface area contributed by atoms with Crippen LogP contribution in [0.3, 0.4) is 0 Å². The number of fused-ring (bicyclic) bond motifs is 2. The minimum atomic E-state index is -0.544. The highest BCUT2D eigenvalue weighted by atomic mass is 16.5. The molecule has 0 saturated carbocycles. The standard InChI is InChI=1S/C26H30N2O4/c1-16(2)12-24(29)28-15-20-9-6-5-8-18(20)13-21(28)26(30)27-17(3)23-14-19-10-7-11-22(31-4)25(19)32-23/h5-11,14,16-17,21H,12-13,15H2,1-4H3,(H,27,30). The number of furan rings is 1. The maximum absolute atomic E-state index is 13.4. The van der Waals surface area contributed by atoms with Crippen LogP contribution in [-0.2, 0) is 22.6 Å². The third kappa shape index (κ3) is 4.35. The summed E-state index contributed by atoms with van der Waals surface area (Å²) in [6.45, 7) is 6.38. The van der Waals surface area contributed by atoms with Crippen LogP contribution < -0.4 is 10.1 Å². The minimum Gasteiger partial charge on any atom is -0.493 e. The maximum atomic E-state index is 13.4. The second kappa shape index (κ2) is 9.07. The average Bonchev–Trinajstić information content (AvgIpc) is 3.22. The first-order valence-corrected chi connectivity index (χ1v) is 11.1. The summed E-state index contributed by atoms with van der Waals surface area (Å²) in [7, 11) is 1.60. The lowest BCUT2D eigenvalue weighted by Gasteiger charge is -2.37. The van der Waals surface area contributed by atoms with Crippen LogP contribution >= 0.6 is 0 Å². The fourth-order valence-electron chi connectivity index (χ4n) is 4.30. The molecule has 2 aromatic carbocycles. The van der Waals surface area contributed by atoms with E-state index in [0.29, 0.717) is 36.5 Å². The summed E-state index contributed by atoms with van der Waals surface area (Å²) >= 11 is 0. The molecule has 0 bridgehead atoms. The number of hydrogen-bond acceptors (Lipinski definition) is 4. The molecule has 2 atom stereocenters. The Morgan fingerprint density at radius 2 is 1.88 bits per heavy atom. The van der Waals surface area contributed by atoms with E-state index in [-0.39, 0.29) is 23.8 Å². The second-order valence-electron chi connectivity index (χ2n) is 8.87. The van der Waals surface area contributed by atoms with Crippen molar-refractivity contribution >= 4 is 22.8 Å². The van der Waals surface area contributed by atoms with E-state index in [0.717, 1.165) is 16.5 Å². The number of amides is 2. The minimum absolute atomic E-state index is 0.00998. The molecule has 1 aromatic heterocycles. The molecule has 1 N–H and O–H groups in total. The highest BCUT2D eigenvalue weighted by molar-refractivity contribution is 5.89. The number of ether oxygens (including phenoxy) is 1. The number of rotatable bonds is 6. The quantitative estimate of drug-likeness (QED) is 0.615. The highest BCUT2D eigenvalue weighted by Gasteiger charge is 2.35. The molecule has 0 aliphatic carbocycles. The first-order valence-electron chi connectivity index (χ1n) is 11.1. The van der Waals surface area contributed by atoms with Crippen LogP contribution in [-0.4, -0.2) is 29.9 Å². The van der Waals surface area contributed by atoms with Gasteiger partial charge in [-0.15, -0.1) is 0 Å². The number of hydrogen-bond donors (Lipinski definition) is 1. The maximum Gasteiger partial charge on any atom is 0.243 e. The van der Waals surface area contributed by atoms with Gasteiger partial charge < -0.3 is 19.4 Å². The summed E-state index contributed by atoms with van der Waals surface area (Å²) in [5.41, 5.74) is 2.87. The molecule has 6 nitrogen and oxygen atoms in total. The molecule has 0 spiro atoms. The van der Waals surface area contributed by atoms with Crippen LogP contribution in [0.15, 0.2) is 52.9 Å². The van der Waals surface area contributed by atoms with Crippen LogP contribution in [0, 0.1) is 5.92 Å². The van der Waals surface area contributed by atoms with E-state index in [1.54, 1.807) is 12.0 Å². The normalized spacial score (nSPS) is 16.7. The van der Waals surface area contributed by atoms with E-state index in [1.807, 2.05) is 69.3 Å². The molecule has 2 heterocycles. The molecule has 4 rings (SSSR count). The molecule has 0 fully saturated rings. The molecule has 0 saturated heterocycles. The third-order valence-corrected chi connectivity index (χ3v) is 5.99. The number of benzene rings is 2. The topological polar surface area (TPSA) is 71.8 Å². The number of nitrogens with one attached hydrogen (secondary N) is 1. The fourth-order valence-corrected chi connectivity index (χ4v) is 4.30. The zero-order chi connectivity index (χ0) is 22.8. The van der Waals surface area contributed by atoms with Gasteiger partial charge in [-0.1, -0.05) is 50.2 Å². The molecule has 1 aliphatic rings. The van der Waals surface area contributed by atoms with Gasteiger partial charge in [0, 0.05) is 24.8 Å². The SMILES string of the molecule is COc1cccc2cc(C(C)NC(=O)C3Cc4ccccc4CN3C(=O)CC(C)C)oc12. The number of methoxy groups -OCH3 is 1. The summed E-state index contributed by atoms with van der Waals surface area (Å²) in [6, 6.07) is 14.7. The van der Waals surface area contributed by atoms with Gasteiger partial charge in [0.15, 0.2) is 11.3 Å². The van der Waals surface area contributed by atoms with Crippen molar-refractivity contribution in [3.05, 3.63) is 65.4 Å². The monoisotopic (exact) mass is 434 g/mol. The van der Waals surface area contributed by atoms with Gasteiger partial charge in [-0.2, -0.15) is 0 Å². The van der Waals surface area contributed by atoms with Gasteiger partial charge in [0.05, 0.1) is 13.2 Å². The lowest BCUT2D eigenvalue weighted by atomic mass is 9.92. The van der Waals surface area contributed by atoms with Gasteiger partial charge in [-0.25, -0.2) is 0 Å². The Hall–Kier alpha value is -3.28. The van der Waals surface area contributed by atoms with E-state index < -0.39 is 6.04 Å². The lowest BCUT2D eigenvalue weighted by molar-refractivity contribution is -0.142. The van der Waals surface area contributed by atoms with E-state index in [1.165, 1.54) is 0 Å². The average molecular weight is 435 g/mol. The lowest BCUT2D eigenvalue weighted by Crippen LogP contribution is -2.53. The zero-order valence-corrected chi connectivity index (χ0v) is 19.1. The van der Waals surface area contributed by atoms with Crippen molar-refractivity contribution in [2.45, 2.75) is 52.2 Å². The first kappa shape index (κ1) is 21.9. The second-order valence-corrected chi connectivity index (χ2v) is 8.87. The molecule has 168 valence electrons. The zero-order valence-electron chi connectivity index (χ0n) is 19.1. The Balaban J connectivity index is 1.56. The van der Waals surface area contributed by atoms with Crippen LogP contribution in [0.25, 0.3) is 11.0 Å². The van der Waals surface area contributed by atoms with Gasteiger partial charge in [0.1, 0.15) is 11.8 Å². The van der Waals surface area contributed by atoms with Crippen molar-refractivity contribution in [2.75, 3.05) is 7.11 Å². The summed E-state index contributed by atoms with van der Waals surface area (Å²) in [5, 5.41) is 3.98. The van der Waals surface area contributed by atoms with E-state index in [4.69, 9.17) is 9.15 Å². The number of carbonyl (C=O) groups excluding carboxylic acids is 2. The molecule has 1 aliphatic heterocycles. The van der Waals surface area contributed by atoms with E-state index in [9.17, 15) is 9.59 Å². The molecular weight excluding hydrogens is 404 g/mol. The van der Waals surface area contributed by atoms with Crippen molar-refractivity contribution in [3.8, 4) is 5.75 Å². The first-order chi connectivity index (χ1) is 15.4. The smallest absolute Gasteiger partial charge is 0.243 e. The van der Waals surface area contributed by atoms with Gasteiger partial charge in [0.25, 0.3) is 0 Å². The summed E-state index contributed by atoms with van der Waals surface area (Å²) < 4.78 is 11.4. The highest BCUT2D eigenvalue weighted by Crippen LogP contribution is 2.31. The van der Waals surface area contributed by atoms with Crippen molar-refractivity contribution in [3.63, 3.8) is 0 Å². The van der Waals surface area contributed by atoms with Crippen molar-refractivity contribution in [1.29, 1.82) is 0 Å². The number of carbonyl (C=O) groups is 2. The molecular formula is C26H30N2O4. The van der Waals surface area contributed by atoms with Crippen LogP contribution in [0.4, 0.5) is 0 Å². The van der Waals surface area contributed by atoms with Crippen molar-refractivity contribution < 1.29 is 18.7 Å². The van der Waals surface area contributed by atoms with E-state index in [2.05, 4.69) is 5.32 Å². The van der Waals surface area contributed by atoms with Gasteiger partial charge in [-0.05, 0) is 36.1 Å². The predicted octanol–water partition coefficient (Wildman–Crippen LogP) is 4.62. The molecule has 32 heavy (non-hydrogen) atoms. The van der Waals surface area contributed by atoms with Crippen LogP contribution in [0.5, 0.6) is 5.75 Å². The molecule has 3 aromatic rings. The Bertz CT molecular complexity index is 1130.